The summed E-state index contributed by atoms with van der Waals surface area (Å²) in [6, 6.07) is 28.3. The monoisotopic (exact) mass is 2340 g/mol. The van der Waals surface area contributed by atoms with Crippen molar-refractivity contribution in [3.05, 3.63) is 195 Å². The number of H-pyrrole nitrogens is 1. The van der Waals surface area contributed by atoms with Gasteiger partial charge in [0.15, 0.2) is 54.1 Å². The highest BCUT2D eigenvalue weighted by molar-refractivity contribution is 9.10. The quantitative estimate of drug-likeness (QED) is 0.0117. The lowest BCUT2D eigenvalue weighted by Crippen LogP contribution is -2.41. The molecular formula is C80H93Br5F5N18O28P3. The highest BCUT2D eigenvalue weighted by Crippen LogP contribution is 2.57. The summed E-state index contributed by atoms with van der Waals surface area (Å²) in [6.07, 6.45) is -14.3. The van der Waals surface area contributed by atoms with Crippen molar-refractivity contribution < 1.29 is 137 Å². The number of carbonyl (C=O) groups is 3. The van der Waals surface area contributed by atoms with Gasteiger partial charge in [0, 0.05) is 42.4 Å². The summed E-state index contributed by atoms with van der Waals surface area (Å²) in [5, 5.41) is 69.1. The summed E-state index contributed by atoms with van der Waals surface area (Å²) in [6.45, 7) is 6.14. The smallest absolute Gasteiger partial charge is 0.379 e. The number of hydrogen-bond donors (Lipinski definition) is 12. The molecule has 5 saturated heterocycles. The number of aliphatic hydroxyl groups excluding tert-OH is 7. The molecule has 7 aromatic heterocycles. The van der Waals surface area contributed by atoms with Crippen LogP contribution in [0.4, 0.5) is 45.2 Å². The maximum Gasteiger partial charge on any atom is 0.379 e. The van der Waals surface area contributed by atoms with Crippen LogP contribution in [0.5, 0.6) is 17.2 Å². The lowest BCUT2D eigenvalue weighted by Gasteiger charge is -2.24. The molecular weight excluding hydrogens is 2250 g/mol. The van der Waals surface area contributed by atoms with E-state index in [1.165, 1.54) is 79.7 Å². The SMILES string of the molecule is CC(=O)[C@H](C)CP(=O)(OC[C@H]1O[C@@H](n2ccc(=O)[nH]c2=O)[C@@](F)(Br)C1O)Oc1ccccc1.CC(=O)[C@H](C)CP(=O)(OC[C@H]1O[C@@H](n2ccc(N)nc2=O)[C@@](F)(Br)C1O)Oc1ccccc1.CC(=O)[C@H](C)CP(=O)(OC[C@H]1O[C@@H](n2cnc3c(N)ncnc32)[C@@](F)(Br)C1O)Oc1ccccc1.Nc1ccn([C@@H]2O[C@H](CO)C(O)[C@]2(F)Br)c(=O)n1.Nc1ncnc2c1ncn2[C@@H]1O[C@H](CO)C(O)[C@]1(F)Br. The Kier molecular flexibility index (Phi) is 36.3. The molecule has 0 spiro atoms. The van der Waals surface area contributed by atoms with Crippen LogP contribution in [0, 0.1) is 17.8 Å². The van der Waals surface area contributed by atoms with E-state index in [-0.39, 0.29) is 93.2 Å². The molecule has 139 heavy (non-hydrogen) atoms. The average molecular weight is 2340 g/mol. The third-order valence-electron chi connectivity index (χ3n) is 21.7. The second kappa shape index (κ2) is 45.7. The number of nitrogens with two attached hydrogens (primary N) is 4. The molecule has 5 aliphatic heterocycles. The number of halogens is 10. The van der Waals surface area contributed by atoms with Gasteiger partial charge in [0.2, 0.25) is 22.9 Å². The zero-order valence-electron chi connectivity index (χ0n) is 73.4. The summed E-state index contributed by atoms with van der Waals surface area (Å²) in [5.74, 6) is -1.60. The topological polar surface area (TPSA) is 661 Å². The number of nitrogen functional groups attached to an aromatic ring is 4. The van der Waals surface area contributed by atoms with E-state index in [1.54, 1.807) is 112 Å². The van der Waals surface area contributed by atoms with E-state index in [1.807, 2.05) is 4.98 Å². The van der Waals surface area contributed by atoms with Crippen molar-refractivity contribution in [2.75, 3.05) is 74.5 Å². The lowest BCUT2D eigenvalue weighted by atomic mass is 10.1. The number of fused-ring (bicyclic) bond motifs is 2. The molecule has 0 bridgehead atoms. The molecule has 756 valence electrons. The van der Waals surface area contributed by atoms with Crippen LogP contribution in [0.15, 0.2) is 172 Å². The number of para-hydroxylation sites is 3. The fraction of sp³-hybridized carbons (Fsp3) is 0.463. The molecule has 0 amide bonds. The molecule has 0 aliphatic carbocycles. The average Bonchev–Trinajstić information content (AvgIpc) is 1.52. The van der Waals surface area contributed by atoms with Gasteiger partial charge in [-0.25, -0.2) is 79.9 Å². The van der Waals surface area contributed by atoms with Crippen LogP contribution >= 0.6 is 102 Å². The van der Waals surface area contributed by atoms with E-state index in [2.05, 4.69) is 120 Å². The van der Waals surface area contributed by atoms with Crippen LogP contribution in [-0.2, 0) is 65.3 Å². The fourth-order valence-electron chi connectivity index (χ4n) is 13.7. The maximum atomic E-state index is 15.6. The number of hydrogen-bond acceptors (Lipinski definition) is 40. The van der Waals surface area contributed by atoms with Gasteiger partial charge in [0.1, 0.15) is 131 Å². The van der Waals surface area contributed by atoms with Crippen molar-refractivity contribution in [2.24, 2.45) is 17.8 Å². The summed E-state index contributed by atoms with van der Waals surface area (Å²) >= 11 is 13.9. The molecule has 59 heteroatoms. The van der Waals surface area contributed by atoms with Crippen LogP contribution < -0.4 is 59.1 Å². The van der Waals surface area contributed by atoms with E-state index in [0.717, 1.165) is 26.0 Å². The Morgan fingerprint density at radius 1 is 0.424 bits per heavy atom. The largest absolute Gasteiger partial charge is 0.424 e. The summed E-state index contributed by atoms with van der Waals surface area (Å²) in [4.78, 5) is 115. The van der Waals surface area contributed by atoms with Crippen LogP contribution in [0.25, 0.3) is 22.3 Å². The van der Waals surface area contributed by atoms with Gasteiger partial charge in [-0.2, -0.15) is 9.97 Å². The molecule has 3 aromatic carbocycles. The molecule has 15 rings (SSSR count). The lowest BCUT2D eigenvalue weighted by molar-refractivity contribution is -0.120. The number of nitrogens with one attached hydrogen (secondary N) is 1. The highest BCUT2D eigenvalue weighted by Gasteiger charge is 2.62. The zero-order valence-corrected chi connectivity index (χ0v) is 84.0. The number of benzene rings is 3. The minimum Gasteiger partial charge on any atom is -0.424 e. The first-order chi connectivity index (χ1) is 65.2. The van der Waals surface area contributed by atoms with Crippen LogP contribution in [0.2, 0.25) is 0 Å². The van der Waals surface area contributed by atoms with E-state index < -0.39 is 211 Å². The fourth-order valence-corrected chi connectivity index (χ4v) is 22.7. The van der Waals surface area contributed by atoms with Gasteiger partial charge in [-0.3, -0.25) is 60.6 Å². The van der Waals surface area contributed by atoms with E-state index in [9.17, 15) is 81.6 Å². The molecule has 0 saturated carbocycles. The number of imidazole rings is 2. The second-order valence-electron chi connectivity index (χ2n) is 31.9. The van der Waals surface area contributed by atoms with Gasteiger partial charge >= 0.3 is 39.9 Å². The number of ketones is 3. The number of carbonyl (C=O) groups excluding carboxylic acids is 3. The molecule has 46 nitrogen and oxygen atoms in total. The van der Waals surface area contributed by atoms with Crippen molar-refractivity contribution in [1.29, 1.82) is 0 Å². The van der Waals surface area contributed by atoms with Crippen LogP contribution in [0.1, 0.15) is 72.7 Å². The summed E-state index contributed by atoms with van der Waals surface area (Å²) in [5.41, 5.74) is 19.9. The van der Waals surface area contributed by atoms with E-state index in [0.29, 0.717) is 5.52 Å². The van der Waals surface area contributed by atoms with E-state index >= 15 is 13.2 Å². The molecule has 8 unspecified atom stereocenters. The number of aromatic amines is 1. The van der Waals surface area contributed by atoms with Crippen molar-refractivity contribution in [2.45, 2.75) is 157 Å². The third-order valence-corrected chi connectivity index (χ3v) is 32.1. The van der Waals surface area contributed by atoms with Crippen molar-refractivity contribution in [3.8, 4) is 17.2 Å². The maximum absolute atomic E-state index is 15.6. The normalized spacial score (nSPS) is 29.4. The van der Waals surface area contributed by atoms with Crippen LogP contribution in [-0.4, -0.2) is 256 Å². The Labute approximate surface area is 825 Å². The van der Waals surface area contributed by atoms with Gasteiger partial charge < -0.3 is 95.9 Å². The van der Waals surface area contributed by atoms with Gasteiger partial charge in [-0.05, 0) is 149 Å². The van der Waals surface area contributed by atoms with E-state index in [4.69, 9.17) is 84.0 Å². The molecule has 16 N–H and O–H groups in total. The first kappa shape index (κ1) is 110. The molecule has 10 aromatic rings. The first-order valence-corrected chi connectivity index (χ1v) is 50.5. The predicted molar refractivity (Wildman–Crippen MR) is 500 cm³/mol. The number of aliphatic hydroxyl groups is 7. The second-order valence-corrected chi connectivity index (χ2v) is 44.0. The Morgan fingerprint density at radius 3 is 0.971 bits per heavy atom. The minimum atomic E-state index is -3.95. The number of aromatic nitrogens is 14. The van der Waals surface area contributed by atoms with Crippen LogP contribution in [0.3, 0.4) is 0 Å². The Hall–Kier alpha value is -9.05. The standard InChI is InChI=1S/C21H24BrFN5O6P.C20H24BrFN3O7P.C20H23BrFN2O8P.C10H11BrFN5O3.C9H11BrFN3O4/c1-12(13(2)29)9-35(31,34-14-6-4-3-5-7-14)32-8-15-17(30)21(22,23)20(33-15)28-11-27-16-18(24)25-10-26-19(16)28;1-12(13(2)26)11-33(29,32-14-6-4-3-5-7-14)30-10-15-17(27)20(21,22)18(31-15)25-9-8-16(23)24-19(25)28;1-12(13(2)25)11-33(29,32-14-6-4-3-5-7-14)30-10-15-17(27)20(21,22)18(31-15)24-9-8-16(26)23-19(24)28;11-10(12)6(19)4(1-18)20-9(10)17-3-16-5-7(13)14-2-15-8(5)17;10-9(11)6(16)4(3-15)18-7(9)14-2-1-5(12)13-8(14)17/h3-7,10-12,15,17,20,30H,8-9H2,1-2H3,(H2,24,25,26);3-9,12,15,17-18,27H,10-11H2,1-2H3,(H2,23,24,28);3-9,12,15,17-18,27H,10-11H2,1-2H3,(H,23,26,28);2-4,6,9,18-19H,1H2,(H2,13,14,15);1-2,4,6-7,15-16H,3H2,(H2,12,13,17)/t12-,15-,17?,20-,21-,35?;2*12-,15-,17?,18-,20-,33?;4-,6?,9-,10-;4-,6?,7-,9-/m11111/s1. The summed E-state index contributed by atoms with van der Waals surface area (Å²) in [7, 11) is -11.8. The highest BCUT2D eigenvalue weighted by atomic mass is 79.9. The molecule has 0 radical (unpaired) electrons. The minimum absolute atomic E-state index is 0.00691. The van der Waals surface area contributed by atoms with Gasteiger partial charge in [0.25, 0.3) is 5.56 Å². The van der Waals surface area contributed by atoms with Crippen molar-refractivity contribution >= 4 is 165 Å². The summed E-state index contributed by atoms with van der Waals surface area (Å²) < 4.78 is 169. The van der Waals surface area contributed by atoms with Crippen molar-refractivity contribution in [1.82, 2.24) is 67.7 Å². The Balaban J connectivity index is 0.000000170. The van der Waals surface area contributed by atoms with Gasteiger partial charge in [-0.1, -0.05) is 75.4 Å². The number of rotatable bonds is 31. The van der Waals surface area contributed by atoms with Gasteiger partial charge in [0.05, 0.1) is 64.2 Å². The Morgan fingerprint density at radius 2 is 0.698 bits per heavy atom. The number of nitrogens with zero attached hydrogens (tertiary/aromatic N) is 13. The molecule has 5 aliphatic rings. The zero-order chi connectivity index (χ0) is 102. The predicted octanol–water partition coefficient (Wildman–Crippen LogP) is 7.13. The molecule has 26 atom stereocenters. The van der Waals surface area contributed by atoms with Crippen molar-refractivity contribution in [3.63, 3.8) is 0 Å². The van der Waals surface area contributed by atoms with Gasteiger partial charge in [-0.15, -0.1) is 0 Å². The first-order valence-electron chi connectivity index (χ1n) is 41.3. The number of anilines is 4. The number of Topliss-reactive ketones (excluding diaryl/α,β-unsaturated/α-hetero) is 3. The third kappa shape index (κ3) is 25.8. The number of alkyl halides is 10. The number of ether oxygens (including phenoxy) is 5. The molecule has 5 fully saturated rings. The Bertz CT molecular complexity index is 6380. The molecule has 12 heterocycles.